The number of hydrogen-bond acceptors (Lipinski definition) is 3. The highest BCUT2D eigenvalue weighted by atomic mass is 19.4. The van der Waals surface area contributed by atoms with E-state index in [1.807, 2.05) is 13.8 Å². The first-order chi connectivity index (χ1) is 11.6. The van der Waals surface area contributed by atoms with Crippen LogP contribution >= 0.6 is 0 Å². The van der Waals surface area contributed by atoms with Crippen molar-refractivity contribution in [1.82, 2.24) is 4.90 Å². The Hall–Kier alpha value is -2.25. The fourth-order valence-corrected chi connectivity index (χ4v) is 2.12. The Morgan fingerprint density at radius 2 is 1.80 bits per heavy atom. The average molecular weight is 360 g/mol. The van der Waals surface area contributed by atoms with E-state index in [-0.39, 0.29) is 31.2 Å². The molecule has 0 radical (unpaired) electrons. The zero-order valence-corrected chi connectivity index (χ0v) is 14.5. The van der Waals surface area contributed by atoms with E-state index in [4.69, 9.17) is 4.74 Å². The van der Waals surface area contributed by atoms with Crippen LogP contribution in [0.1, 0.15) is 32.8 Å². The first-order valence-electron chi connectivity index (χ1n) is 8.02. The number of nitrogens with zero attached hydrogens (tertiary/aromatic N) is 1. The number of hydrogen-bond donors (Lipinski definition) is 1. The molecule has 1 N–H and O–H groups in total. The summed E-state index contributed by atoms with van der Waals surface area (Å²) in [5, 5.41) is 2.55. The normalized spacial score (nSPS) is 11.3. The standard InChI is InChI=1S/C17H23F3N2O3/c1-4-25-15(23)9-10-22(11-12(2)3)16(24)21-14-7-5-13(6-8-14)17(18,19)20/h5-8,12H,4,9-11H2,1-3H3,(H,21,24). The molecule has 8 heteroatoms. The van der Waals surface area contributed by atoms with Crippen molar-refractivity contribution in [3.63, 3.8) is 0 Å². The Morgan fingerprint density at radius 1 is 1.20 bits per heavy atom. The summed E-state index contributed by atoms with van der Waals surface area (Å²) in [5.41, 5.74) is -0.533. The van der Waals surface area contributed by atoms with Gasteiger partial charge in [-0.3, -0.25) is 4.79 Å². The molecule has 0 aliphatic carbocycles. The number of benzene rings is 1. The van der Waals surface area contributed by atoms with E-state index in [0.29, 0.717) is 6.54 Å². The first-order valence-corrected chi connectivity index (χ1v) is 8.02. The third-order valence-corrected chi connectivity index (χ3v) is 3.23. The van der Waals surface area contributed by atoms with E-state index < -0.39 is 23.7 Å². The highest BCUT2D eigenvalue weighted by Crippen LogP contribution is 2.29. The smallest absolute Gasteiger partial charge is 0.416 e. The van der Waals surface area contributed by atoms with Crippen LogP contribution in [-0.4, -0.2) is 36.6 Å². The molecule has 1 rings (SSSR count). The molecule has 1 aromatic carbocycles. The van der Waals surface area contributed by atoms with E-state index >= 15 is 0 Å². The van der Waals surface area contributed by atoms with Crippen LogP contribution in [-0.2, 0) is 15.7 Å². The van der Waals surface area contributed by atoms with E-state index in [9.17, 15) is 22.8 Å². The molecule has 5 nitrogen and oxygen atoms in total. The Labute approximate surface area is 145 Å². The fourth-order valence-electron chi connectivity index (χ4n) is 2.12. The van der Waals surface area contributed by atoms with Gasteiger partial charge in [-0.05, 0) is 37.1 Å². The highest BCUT2D eigenvalue weighted by Gasteiger charge is 2.30. The van der Waals surface area contributed by atoms with Crippen LogP contribution in [0.25, 0.3) is 0 Å². The number of amides is 2. The van der Waals surface area contributed by atoms with Gasteiger partial charge in [0, 0.05) is 18.8 Å². The molecule has 0 unspecified atom stereocenters. The molecule has 0 atom stereocenters. The molecule has 2 amide bonds. The molecule has 0 aliphatic heterocycles. The Morgan fingerprint density at radius 3 is 2.28 bits per heavy atom. The lowest BCUT2D eigenvalue weighted by Crippen LogP contribution is -2.39. The van der Waals surface area contributed by atoms with E-state index in [1.54, 1.807) is 6.92 Å². The monoisotopic (exact) mass is 360 g/mol. The molecule has 0 aromatic heterocycles. The van der Waals surface area contributed by atoms with Gasteiger partial charge in [-0.25, -0.2) is 4.79 Å². The number of esters is 1. The predicted molar refractivity (Wildman–Crippen MR) is 88.1 cm³/mol. The van der Waals surface area contributed by atoms with Gasteiger partial charge >= 0.3 is 18.2 Å². The minimum absolute atomic E-state index is 0.0565. The van der Waals surface area contributed by atoms with Crippen LogP contribution in [0.15, 0.2) is 24.3 Å². The van der Waals surface area contributed by atoms with Gasteiger partial charge < -0.3 is 15.0 Å². The summed E-state index contributed by atoms with van der Waals surface area (Å²) in [7, 11) is 0. The van der Waals surface area contributed by atoms with Gasteiger partial charge in [0.15, 0.2) is 0 Å². The maximum absolute atomic E-state index is 12.6. The van der Waals surface area contributed by atoms with Crippen molar-refractivity contribution in [1.29, 1.82) is 0 Å². The summed E-state index contributed by atoms with van der Waals surface area (Å²) in [4.78, 5) is 25.2. The van der Waals surface area contributed by atoms with Crippen LogP contribution < -0.4 is 5.32 Å². The van der Waals surface area contributed by atoms with Crippen LogP contribution in [0, 0.1) is 5.92 Å². The molecule has 0 fully saturated rings. The second kappa shape index (κ2) is 9.29. The Kier molecular flexibility index (Phi) is 7.73. The molecule has 1 aromatic rings. The SMILES string of the molecule is CCOC(=O)CCN(CC(C)C)C(=O)Nc1ccc(C(F)(F)F)cc1. The Balaban J connectivity index is 2.72. The zero-order chi connectivity index (χ0) is 19.0. The zero-order valence-electron chi connectivity index (χ0n) is 14.5. The van der Waals surface area contributed by atoms with Crippen molar-refractivity contribution >= 4 is 17.7 Å². The largest absolute Gasteiger partial charge is 0.466 e. The van der Waals surface area contributed by atoms with Crippen LogP contribution in [0.2, 0.25) is 0 Å². The molecule has 0 saturated heterocycles. The Bertz CT molecular complexity index is 571. The third-order valence-electron chi connectivity index (χ3n) is 3.23. The highest BCUT2D eigenvalue weighted by molar-refractivity contribution is 5.89. The topological polar surface area (TPSA) is 58.6 Å². The lowest BCUT2D eigenvalue weighted by molar-refractivity contribution is -0.143. The van der Waals surface area contributed by atoms with Crippen molar-refractivity contribution in [2.75, 3.05) is 25.0 Å². The maximum Gasteiger partial charge on any atom is 0.416 e. The van der Waals surface area contributed by atoms with Gasteiger partial charge in [-0.15, -0.1) is 0 Å². The van der Waals surface area contributed by atoms with E-state index in [2.05, 4.69) is 5.32 Å². The number of rotatable bonds is 7. The molecule has 0 aliphatic rings. The number of nitrogens with one attached hydrogen (secondary N) is 1. The van der Waals surface area contributed by atoms with Crippen molar-refractivity contribution in [2.24, 2.45) is 5.92 Å². The van der Waals surface area contributed by atoms with Crippen molar-refractivity contribution < 1.29 is 27.5 Å². The van der Waals surface area contributed by atoms with Crippen LogP contribution in [0.3, 0.4) is 0 Å². The van der Waals surface area contributed by atoms with Gasteiger partial charge in [0.25, 0.3) is 0 Å². The van der Waals surface area contributed by atoms with Crippen LogP contribution in [0.4, 0.5) is 23.7 Å². The second-order valence-corrected chi connectivity index (χ2v) is 5.90. The molecule has 0 bridgehead atoms. The van der Waals surface area contributed by atoms with Gasteiger partial charge in [-0.1, -0.05) is 13.8 Å². The number of anilines is 1. The molecule has 0 saturated carbocycles. The van der Waals surface area contributed by atoms with E-state index in [1.165, 1.54) is 17.0 Å². The lowest BCUT2D eigenvalue weighted by atomic mass is 10.2. The number of carbonyl (C=O) groups excluding carboxylic acids is 2. The minimum Gasteiger partial charge on any atom is -0.466 e. The number of alkyl halides is 3. The third kappa shape index (κ3) is 7.45. The van der Waals surface area contributed by atoms with Gasteiger partial charge in [0.1, 0.15) is 0 Å². The predicted octanol–water partition coefficient (Wildman–Crippen LogP) is 4.15. The molecule has 0 heterocycles. The van der Waals surface area contributed by atoms with Gasteiger partial charge in [0.2, 0.25) is 0 Å². The number of carbonyl (C=O) groups is 2. The number of urea groups is 1. The maximum atomic E-state index is 12.6. The summed E-state index contributed by atoms with van der Waals surface area (Å²) in [5.74, 6) is -0.237. The summed E-state index contributed by atoms with van der Waals surface area (Å²) in [6, 6.07) is 3.72. The summed E-state index contributed by atoms with van der Waals surface area (Å²) in [6.45, 7) is 6.38. The van der Waals surface area contributed by atoms with Crippen molar-refractivity contribution in [3.8, 4) is 0 Å². The first kappa shape index (κ1) is 20.8. The molecule has 140 valence electrons. The number of halogens is 3. The van der Waals surface area contributed by atoms with Crippen molar-refractivity contribution in [3.05, 3.63) is 29.8 Å². The molecule has 25 heavy (non-hydrogen) atoms. The van der Waals surface area contributed by atoms with Crippen molar-refractivity contribution in [2.45, 2.75) is 33.4 Å². The molecular weight excluding hydrogens is 337 g/mol. The molecule has 0 spiro atoms. The van der Waals surface area contributed by atoms with Crippen LogP contribution in [0.5, 0.6) is 0 Å². The fraction of sp³-hybridized carbons (Fsp3) is 0.529. The minimum atomic E-state index is -4.42. The second-order valence-electron chi connectivity index (χ2n) is 5.90. The average Bonchev–Trinajstić information content (AvgIpc) is 2.51. The number of ether oxygens (including phenoxy) is 1. The summed E-state index contributed by atoms with van der Waals surface area (Å²) >= 11 is 0. The van der Waals surface area contributed by atoms with E-state index in [0.717, 1.165) is 12.1 Å². The van der Waals surface area contributed by atoms with Gasteiger partial charge in [-0.2, -0.15) is 13.2 Å². The van der Waals surface area contributed by atoms with Gasteiger partial charge in [0.05, 0.1) is 18.6 Å². The summed E-state index contributed by atoms with van der Waals surface area (Å²) < 4.78 is 42.5. The lowest BCUT2D eigenvalue weighted by Gasteiger charge is -2.24. The summed E-state index contributed by atoms with van der Waals surface area (Å²) in [6.07, 6.45) is -4.37. The quantitative estimate of drug-likeness (QED) is 0.743. The molecular formula is C17H23F3N2O3.